The summed E-state index contributed by atoms with van der Waals surface area (Å²) in [4.78, 5) is 25.0. The molecule has 0 rings (SSSR count). The van der Waals surface area contributed by atoms with Gasteiger partial charge < -0.3 is 45.0 Å². The Morgan fingerprint density at radius 2 is 0.571 bits per heavy atom. The van der Waals surface area contributed by atoms with Gasteiger partial charge in [-0.1, -0.05) is 0 Å². The summed E-state index contributed by atoms with van der Waals surface area (Å²) in [6.07, 6.45) is -7.00. The molecule has 0 aliphatic rings. The summed E-state index contributed by atoms with van der Waals surface area (Å²) in [6.45, 7) is 0. The molecule has 0 aromatic carbocycles. The van der Waals surface area contributed by atoms with Gasteiger partial charge in [0.05, 0.1) is 0 Å². The molecule has 11 heteroatoms. The van der Waals surface area contributed by atoms with E-state index in [2.05, 4.69) is 0 Å². The van der Waals surface area contributed by atoms with E-state index in [1.807, 2.05) is 0 Å². The molecule has 0 aliphatic heterocycles. The molecule has 9 nitrogen and oxygen atoms in total. The third-order valence-electron chi connectivity index (χ3n) is 0. The van der Waals surface area contributed by atoms with E-state index in [-0.39, 0.29) is 82.1 Å². The molecule has 0 spiro atoms. The SMILES string of the molecule is O=C([O-])[O-].O=C([O-])[O-].O=C([O-])[O-].[Nd+3].[Pr+3]. The summed E-state index contributed by atoms with van der Waals surface area (Å²) >= 11 is 0. The number of hydrogen-bond donors (Lipinski definition) is 0. The summed E-state index contributed by atoms with van der Waals surface area (Å²) < 4.78 is 0. The molecule has 0 amide bonds. The molecule has 1 radical (unpaired) electrons. The maximum absolute atomic E-state index is 8.33. The zero-order chi connectivity index (χ0) is 10.7. The normalized spacial score (nSPS) is 5.14. The zero-order valence-electron chi connectivity index (χ0n) is 6.25. The standard InChI is InChI=1S/3CH2O3.Nd.Pr/c3*2-1(3)4;;/h3*(H2,2,3,4);;/q;;;2*+3/p-6. The van der Waals surface area contributed by atoms with Crippen molar-refractivity contribution in [1.29, 1.82) is 0 Å². The fourth-order valence-electron chi connectivity index (χ4n) is 0. The van der Waals surface area contributed by atoms with Crippen molar-refractivity contribution in [2.24, 2.45) is 0 Å². The van der Waals surface area contributed by atoms with Crippen LogP contribution in [0.5, 0.6) is 0 Å². The molecular formula is C3NdO9Pr. The van der Waals surface area contributed by atoms with E-state index >= 15 is 0 Å². The predicted molar refractivity (Wildman–Crippen MR) is 16.2 cm³/mol. The second kappa shape index (κ2) is 23.4. The van der Waals surface area contributed by atoms with Crippen molar-refractivity contribution in [3.8, 4) is 0 Å². The van der Waals surface area contributed by atoms with E-state index < -0.39 is 18.5 Å². The third-order valence-corrected chi connectivity index (χ3v) is 0. The van der Waals surface area contributed by atoms with Gasteiger partial charge >= 0.3 is 82.1 Å². The van der Waals surface area contributed by atoms with Crippen LogP contribution in [0.1, 0.15) is 0 Å². The maximum atomic E-state index is 8.33. The van der Waals surface area contributed by atoms with Gasteiger partial charge in [0, 0.05) is 0 Å². The third kappa shape index (κ3) is 6050. The number of hydrogen-bond acceptors (Lipinski definition) is 9. The average Bonchev–Trinajstić information content (AvgIpc) is 1.54. The topological polar surface area (TPSA) is 190 Å². The second-order valence-electron chi connectivity index (χ2n) is 0.750. The molecule has 0 heterocycles. The quantitative estimate of drug-likeness (QED) is 0.335. The van der Waals surface area contributed by atoms with E-state index in [0.717, 1.165) is 0 Å². The Labute approximate surface area is 143 Å². The maximum Gasteiger partial charge on any atom is 3.00 e. The summed E-state index contributed by atoms with van der Waals surface area (Å²) in [7, 11) is 0. The van der Waals surface area contributed by atoms with Crippen LogP contribution in [-0.2, 0) is 0 Å². The first kappa shape index (κ1) is 29.3. The smallest absolute Gasteiger partial charge is 0.652 e. The molecule has 14 heavy (non-hydrogen) atoms. The van der Waals surface area contributed by atoms with Gasteiger partial charge in [-0.05, 0) is 18.5 Å². The van der Waals surface area contributed by atoms with Crippen molar-refractivity contribution < 1.29 is 127 Å². The molecule has 0 aromatic rings. The molecule has 73 valence electrons. The average molecular weight is 465 g/mol. The summed E-state index contributed by atoms with van der Waals surface area (Å²) in [6, 6.07) is 0. The van der Waals surface area contributed by atoms with Crippen molar-refractivity contribution in [3.05, 3.63) is 0 Å². The van der Waals surface area contributed by atoms with Gasteiger partial charge in [0.1, 0.15) is 0 Å². The van der Waals surface area contributed by atoms with E-state index in [9.17, 15) is 0 Å². The van der Waals surface area contributed by atoms with E-state index in [4.69, 9.17) is 45.0 Å². The van der Waals surface area contributed by atoms with E-state index in [0.29, 0.717) is 0 Å². The summed E-state index contributed by atoms with van der Waals surface area (Å²) in [5.41, 5.74) is 0. The first-order valence-corrected chi connectivity index (χ1v) is 1.84. The predicted octanol–water partition coefficient (Wildman–Crippen LogP) is -7.34. The van der Waals surface area contributed by atoms with Crippen molar-refractivity contribution in [3.63, 3.8) is 0 Å². The number of rotatable bonds is 0. The van der Waals surface area contributed by atoms with Crippen LogP contribution in [0.3, 0.4) is 0 Å². The second-order valence-corrected chi connectivity index (χ2v) is 0.750. The molecule has 0 saturated carbocycles. The molecule has 0 unspecified atom stereocenters. The van der Waals surface area contributed by atoms with Crippen molar-refractivity contribution in [2.75, 3.05) is 0 Å². The van der Waals surface area contributed by atoms with Crippen molar-refractivity contribution in [1.82, 2.24) is 0 Å². The van der Waals surface area contributed by atoms with Gasteiger partial charge in [0.2, 0.25) is 0 Å². The first-order valence-electron chi connectivity index (χ1n) is 1.84. The van der Waals surface area contributed by atoms with Gasteiger partial charge in [-0.2, -0.15) is 0 Å². The van der Waals surface area contributed by atoms with Crippen LogP contribution in [0.15, 0.2) is 0 Å². The number of carbonyl (C=O) groups is 3. The van der Waals surface area contributed by atoms with Crippen LogP contribution in [-0.4, -0.2) is 18.5 Å². The number of carboxylic acid groups (broad SMARTS) is 6. The Kier molecular flexibility index (Phi) is 48.9. The van der Waals surface area contributed by atoms with Crippen molar-refractivity contribution >= 4 is 18.5 Å². The van der Waals surface area contributed by atoms with Crippen LogP contribution in [0.2, 0.25) is 0 Å². The molecule has 0 saturated heterocycles. The molecular weight excluding hydrogens is 465 g/mol. The summed E-state index contributed by atoms with van der Waals surface area (Å²) in [5.74, 6) is 0. The van der Waals surface area contributed by atoms with E-state index in [1.54, 1.807) is 0 Å². The molecule has 0 atom stereocenters. The Balaban J connectivity index is -0.0000000270. The molecule has 0 N–H and O–H groups in total. The Hall–Kier alpha value is 0.524. The summed E-state index contributed by atoms with van der Waals surface area (Å²) in [5, 5.41) is 50.0. The molecule has 0 fully saturated rings. The Morgan fingerprint density at radius 1 is 0.571 bits per heavy atom. The van der Waals surface area contributed by atoms with Gasteiger partial charge in [0.15, 0.2) is 0 Å². The van der Waals surface area contributed by atoms with Gasteiger partial charge in [-0.3, -0.25) is 0 Å². The van der Waals surface area contributed by atoms with Crippen molar-refractivity contribution in [2.45, 2.75) is 0 Å². The minimum atomic E-state index is -2.33. The molecule has 0 aromatic heterocycles. The van der Waals surface area contributed by atoms with Crippen LogP contribution in [0.4, 0.5) is 14.4 Å². The monoisotopic (exact) mass is 463 g/mol. The largest absolute Gasteiger partial charge is 3.00 e. The van der Waals surface area contributed by atoms with Crippen LogP contribution < -0.4 is 30.6 Å². The minimum Gasteiger partial charge on any atom is -0.652 e. The van der Waals surface area contributed by atoms with Crippen LogP contribution in [0, 0.1) is 82.1 Å². The Bertz CT molecular complexity index is 118. The van der Waals surface area contributed by atoms with Crippen LogP contribution >= 0.6 is 0 Å². The Morgan fingerprint density at radius 3 is 0.571 bits per heavy atom. The zero-order valence-corrected chi connectivity index (χ0v) is 13.2. The molecule has 0 bridgehead atoms. The number of carbonyl (C=O) groups excluding carboxylic acids is 3. The fourth-order valence-corrected chi connectivity index (χ4v) is 0. The minimum absolute atomic E-state index is 0. The van der Waals surface area contributed by atoms with Crippen LogP contribution in [0.25, 0.3) is 0 Å². The van der Waals surface area contributed by atoms with Gasteiger partial charge in [0.25, 0.3) is 0 Å². The van der Waals surface area contributed by atoms with Gasteiger partial charge in [-0.15, -0.1) is 0 Å². The van der Waals surface area contributed by atoms with Gasteiger partial charge in [-0.25, -0.2) is 0 Å². The fraction of sp³-hybridized carbons (Fsp3) is 0. The molecule has 0 aliphatic carbocycles. The van der Waals surface area contributed by atoms with E-state index in [1.165, 1.54) is 0 Å². The first-order chi connectivity index (χ1) is 5.20.